The number of nitrogens with one attached hydrogen (secondary N) is 1. The van der Waals surface area contributed by atoms with Crippen LogP contribution >= 0.6 is 11.6 Å². The maximum atomic E-state index is 13.2. The number of halogens is 1. The molecular formula is C25H33ClN2O3. The molecule has 0 unspecified atom stereocenters. The molecule has 0 spiro atoms. The Kier molecular flexibility index (Phi) is 9.38. The van der Waals surface area contributed by atoms with E-state index in [1.165, 1.54) is 0 Å². The minimum atomic E-state index is -0.573. The number of benzene rings is 2. The highest BCUT2D eigenvalue weighted by Crippen LogP contribution is 2.22. The lowest BCUT2D eigenvalue weighted by atomic mass is 10.1. The predicted octanol–water partition coefficient (Wildman–Crippen LogP) is 5.06. The summed E-state index contributed by atoms with van der Waals surface area (Å²) >= 11 is 6.07. The van der Waals surface area contributed by atoms with Crippen LogP contribution in [0.3, 0.4) is 0 Å². The number of ether oxygens (including phenoxy) is 1. The van der Waals surface area contributed by atoms with E-state index in [9.17, 15) is 9.59 Å². The van der Waals surface area contributed by atoms with E-state index in [0.717, 1.165) is 23.1 Å². The summed E-state index contributed by atoms with van der Waals surface area (Å²) in [6.45, 7) is 9.98. The van der Waals surface area contributed by atoms with Crippen LogP contribution < -0.4 is 10.1 Å². The Bertz CT molecular complexity index is 900. The molecule has 5 nitrogen and oxygen atoms in total. The van der Waals surface area contributed by atoms with Gasteiger partial charge in [0.25, 0.3) is 5.91 Å². The molecule has 0 saturated heterocycles. The van der Waals surface area contributed by atoms with Gasteiger partial charge in [0.05, 0.1) is 0 Å². The second-order valence-electron chi connectivity index (χ2n) is 7.89. The minimum Gasteiger partial charge on any atom is -0.484 e. The van der Waals surface area contributed by atoms with Crippen molar-refractivity contribution in [2.45, 2.75) is 66.1 Å². The molecular weight excluding hydrogens is 412 g/mol. The third kappa shape index (κ3) is 7.00. The number of rotatable bonds is 10. The molecule has 0 aliphatic heterocycles. The maximum Gasteiger partial charge on any atom is 0.261 e. The van der Waals surface area contributed by atoms with Gasteiger partial charge < -0.3 is 15.0 Å². The number of carbonyl (C=O) groups excluding carboxylic acids is 2. The third-order valence-electron chi connectivity index (χ3n) is 5.48. The van der Waals surface area contributed by atoms with Crippen molar-refractivity contribution < 1.29 is 14.3 Å². The van der Waals surface area contributed by atoms with Crippen molar-refractivity contribution in [3.05, 3.63) is 64.2 Å². The number of hydrogen-bond donors (Lipinski definition) is 1. The van der Waals surface area contributed by atoms with Gasteiger partial charge in [-0.15, -0.1) is 0 Å². The molecule has 0 aromatic heterocycles. The molecule has 0 fully saturated rings. The summed E-state index contributed by atoms with van der Waals surface area (Å²) < 4.78 is 5.75. The summed E-state index contributed by atoms with van der Waals surface area (Å²) in [6.07, 6.45) is 1.34. The zero-order chi connectivity index (χ0) is 23.0. The van der Waals surface area contributed by atoms with Crippen LogP contribution in [0.4, 0.5) is 0 Å². The van der Waals surface area contributed by atoms with Crippen molar-refractivity contribution in [2.75, 3.05) is 6.61 Å². The second-order valence-corrected chi connectivity index (χ2v) is 8.30. The molecule has 0 radical (unpaired) electrons. The van der Waals surface area contributed by atoms with Gasteiger partial charge in [0.2, 0.25) is 5.91 Å². The molecule has 2 aromatic rings. The first-order chi connectivity index (χ1) is 14.8. The van der Waals surface area contributed by atoms with Gasteiger partial charge in [-0.05, 0) is 68.5 Å². The van der Waals surface area contributed by atoms with Crippen LogP contribution in [0.5, 0.6) is 5.75 Å². The first-order valence-corrected chi connectivity index (χ1v) is 11.2. The summed E-state index contributed by atoms with van der Waals surface area (Å²) in [6, 6.07) is 12.7. The molecule has 0 bridgehead atoms. The summed E-state index contributed by atoms with van der Waals surface area (Å²) in [7, 11) is 0. The number of nitrogens with zero attached hydrogens (tertiary/aromatic N) is 1. The van der Waals surface area contributed by atoms with Crippen molar-refractivity contribution in [1.82, 2.24) is 10.2 Å². The zero-order valence-electron chi connectivity index (χ0n) is 19.1. The Labute approximate surface area is 190 Å². The Morgan fingerprint density at radius 3 is 2.39 bits per heavy atom. The highest BCUT2D eigenvalue weighted by molar-refractivity contribution is 6.31. The maximum absolute atomic E-state index is 13.2. The largest absolute Gasteiger partial charge is 0.484 e. The van der Waals surface area contributed by atoms with Crippen LogP contribution in [-0.4, -0.2) is 35.4 Å². The number of carbonyl (C=O) groups is 2. The molecule has 6 heteroatoms. The van der Waals surface area contributed by atoms with Gasteiger partial charge in [0.1, 0.15) is 11.8 Å². The van der Waals surface area contributed by atoms with Gasteiger partial charge in [0.15, 0.2) is 6.61 Å². The van der Waals surface area contributed by atoms with Crippen molar-refractivity contribution in [1.29, 1.82) is 0 Å². The highest BCUT2D eigenvalue weighted by Gasteiger charge is 2.29. The monoisotopic (exact) mass is 444 g/mol. The van der Waals surface area contributed by atoms with E-state index in [2.05, 4.69) is 5.32 Å². The van der Waals surface area contributed by atoms with E-state index in [0.29, 0.717) is 23.7 Å². The van der Waals surface area contributed by atoms with E-state index in [-0.39, 0.29) is 24.5 Å². The van der Waals surface area contributed by atoms with Crippen LogP contribution in [-0.2, 0) is 16.1 Å². The van der Waals surface area contributed by atoms with E-state index >= 15 is 0 Å². The predicted molar refractivity (Wildman–Crippen MR) is 125 cm³/mol. The fraction of sp³-hybridized carbons (Fsp3) is 0.440. The van der Waals surface area contributed by atoms with Crippen LogP contribution in [0, 0.1) is 13.8 Å². The van der Waals surface area contributed by atoms with Crippen LogP contribution in [0.2, 0.25) is 5.02 Å². The first kappa shape index (κ1) is 24.7. The van der Waals surface area contributed by atoms with Crippen molar-refractivity contribution in [3.8, 4) is 5.75 Å². The molecule has 2 rings (SSSR count). The van der Waals surface area contributed by atoms with Crippen molar-refractivity contribution in [3.63, 3.8) is 0 Å². The number of amides is 2. The summed E-state index contributed by atoms with van der Waals surface area (Å²) in [5, 5.41) is 3.66. The Hall–Kier alpha value is -2.53. The van der Waals surface area contributed by atoms with Gasteiger partial charge in [-0.2, -0.15) is 0 Å². The standard InChI is InChI=1S/C25H33ClN2O3/c1-6-19(5)27-25(30)23(7-2)28(15-20-11-9-8-10-17(20)3)24(29)16-31-21-12-13-22(26)18(4)14-21/h8-14,19,23H,6-7,15-16H2,1-5H3,(H,27,30)/t19-,23+/m1/s1. The third-order valence-corrected chi connectivity index (χ3v) is 5.90. The summed E-state index contributed by atoms with van der Waals surface area (Å²) in [5.41, 5.74) is 2.96. The topological polar surface area (TPSA) is 58.6 Å². The van der Waals surface area contributed by atoms with E-state index in [4.69, 9.17) is 16.3 Å². The van der Waals surface area contributed by atoms with Gasteiger partial charge in [-0.25, -0.2) is 0 Å². The Morgan fingerprint density at radius 2 is 1.77 bits per heavy atom. The van der Waals surface area contributed by atoms with E-state index in [1.807, 2.05) is 58.9 Å². The van der Waals surface area contributed by atoms with Crippen LogP contribution in [0.1, 0.15) is 50.3 Å². The molecule has 0 aliphatic rings. The van der Waals surface area contributed by atoms with Crippen LogP contribution in [0.25, 0.3) is 0 Å². The average molecular weight is 445 g/mol. The fourth-order valence-corrected chi connectivity index (χ4v) is 3.38. The van der Waals surface area contributed by atoms with Gasteiger partial charge in [0, 0.05) is 17.6 Å². The zero-order valence-corrected chi connectivity index (χ0v) is 19.8. The van der Waals surface area contributed by atoms with Crippen LogP contribution in [0.15, 0.2) is 42.5 Å². The molecule has 2 atom stereocenters. The molecule has 0 saturated carbocycles. The average Bonchev–Trinajstić information content (AvgIpc) is 2.75. The van der Waals surface area contributed by atoms with Gasteiger partial charge in [-0.1, -0.05) is 49.7 Å². The molecule has 0 heterocycles. The Morgan fingerprint density at radius 1 is 1.06 bits per heavy atom. The highest BCUT2D eigenvalue weighted by atomic mass is 35.5. The molecule has 2 aromatic carbocycles. The van der Waals surface area contributed by atoms with Gasteiger partial charge >= 0.3 is 0 Å². The molecule has 168 valence electrons. The Balaban J connectivity index is 2.24. The summed E-state index contributed by atoms with van der Waals surface area (Å²) in [5.74, 6) is 0.200. The van der Waals surface area contributed by atoms with E-state index < -0.39 is 6.04 Å². The second kappa shape index (κ2) is 11.8. The SMILES string of the molecule is CC[C@@H](C)NC(=O)[C@H](CC)N(Cc1ccccc1C)C(=O)COc1ccc(Cl)c(C)c1. The summed E-state index contributed by atoms with van der Waals surface area (Å²) in [4.78, 5) is 27.8. The number of hydrogen-bond acceptors (Lipinski definition) is 3. The fourth-order valence-electron chi connectivity index (χ4n) is 3.27. The minimum absolute atomic E-state index is 0.0465. The normalized spacial score (nSPS) is 12.7. The van der Waals surface area contributed by atoms with Crippen molar-refractivity contribution >= 4 is 23.4 Å². The lowest BCUT2D eigenvalue weighted by Crippen LogP contribution is -2.51. The molecule has 1 N–H and O–H groups in total. The lowest BCUT2D eigenvalue weighted by molar-refractivity contribution is -0.143. The number of aryl methyl sites for hydroxylation is 2. The molecule has 2 amide bonds. The quantitative estimate of drug-likeness (QED) is 0.557. The van der Waals surface area contributed by atoms with E-state index in [1.54, 1.807) is 23.1 Å². The lowest BCUT2D eigenvalue weighted by Gasteiger charge is -2.31. The molecule has 0 aliphatic carbocycles. The van der Waals surface area contributed by atoms with Gasteiger partial charge in [-0.3, -0.25) is 9.59 Å². The smallest absolute Gasteiger partial charge is 0.261 e. The first-order valence-electron chi connectivity index (χ1n) is 10.8. The van der Waals surface area contributed by atoms with Crippen molar-refractivity contribution in [2.24, 2.45) is 0 Å². The molecule has 31 heavy (non-hydrogen) atoms.